The molecule has 2 N–H and O–H groups in total. The number of halogens is 1. The van der Waals surface area contributed by atoms with Gasteiger partial charge in [0.1, 0.15) is 0 Å². The Morgan fingerprint density at radius 1 is 1.18 bits per heavy atom. The summed E-state index contributed by atoms with van der Waals surface area (Å²) < 4.78 is 10.7. The van der Waals surface area contributed by atoms with Crippen LogP contribution in [-0.4, -0.2) is 32.6 Å². The summed E-state index contributed by atoms with van der Waals surface area (Å²) in [6, 6.07) is 8.48. The fourth-order valence-corrected chi connectivity index (χ4v) is 2.80. The van der Waals surface area contributed by atoms with Crippen LogP contribution in [0.4, 0.5) is 5.69 Å². The predicted octanol–water partition coefficient (Wildman–Crippen LogP) is 4.07. The highest BCUT2D eigenvalue weighted by Crippen LogP contribution is 2.33. The molecule has 0 heterocycles. The van der Waals surface area contributed by atoms with Crippen molar-refractivity contribution in [3.63, 3.8) is 0 Å². The number of carbonyl (C=O) groups excluding carboxylic acids is 2. The third-order valence-electron chi connectivity index (χ3n) is 4.07. The van der Waals surface area contributed by atoms with Crippen molar-refractivity contribution in [1.29, 1.82) is 0 Å². The van der Waals surface area contributed by atoms with Crippen LogP contribution in [0, 0.1) is 6.92 Å². The maximum Gasteiger partial charge on any atom is 0.251 e. The van der Waals surface area contributed by atoms with Gasteiger partial charge >= 0.3 is 0 Å². The zero-order valence-corrected chi connectivity index (χ0v) is 17.0. The summed E-state index contributed by atoms with van der Waals surface area (Å²) in [6.45, 7) is 3.49. The molecule has 0 aliphatic rings. The van der Waals surface area contributed by atoms with Gasteiger partial charge in [0, 0.05) is 21.8 Å². The molecule has 2 rings (SSSR count). The highest BCUT2D eigenvalue weighted by Gasteiger charge is 2.16. The van der Waals surface area contributed by atoms with Crippen LogP contribution in [0.3, 0.4) is 0 Å². The van der Waals surface area contributed by atoms with Crippen LogP contribution < -0.4 is 20.1 Å². The third kappa shape index (κ3) is 5.04. The van der Waals surface area contributed by atoms with Crippen LogP contribution >= 0.6 is 11.6 Å². The average molecular weight is 403 g/mol. The predicted molar refractivity (Wildman–Crippen MR) is 111 cm³/mol. The molecule has 0 saturated carbocycles. The Hall–Kier alpha value is -2.99. The molecule has 0 unspecified atom stereocenters. The minimum Gasteiger partial charge on any atom is -0.493 e. The van der Waals surface area contributed by atoms with Crippen molar-refractivity contribution in [2.45, 2.75) is 13.8 Å². The summed E-state index contributed by atoms with van der Waals surface area (Å²) >= 11 is 6.05. The smallest absolute Gasteiger partial charge is 0.251 e. The van der Waals surface area contributed by atoms with Crippen LogP contribution in [0.5, 0.6) is 11.5 Å². The molecule has 0 saturated heterocycles. The van der Waals surface area contributed by atoms with Crippen molar-refractivity contribution >= 4 is 35.2 Å². The highest BCUT2D eigenvalue weighted by atomic mass is 35.5. The quantitative estimate of drug-likeness (QED) is 0.732. The number of benzene rings is 2. The zero-order chi connectivity index (χ0) is 20.7. The lowest BCUT2D eigenvalue weighted by Crippen LogP contribution is -2.33. The number of ether oxygens (including phenoxy) is 2. The largest absolute Gasteiger partial charge is 0.493 e. The van der Waals surface area contributed by atoms with Gasteiger partial charge in [-0.25, -0.2) is 0 Å². The first-order valence-corrected chi connectivity index (χ1v) is 9.01. The molecule has 0 bridgehead atoms. The Balaban J connectivity index is 2.11. The highest BCUT2D eigenvalue weighted by molar-refractivity contribution is 6.31. The lowest BCUT2D eigenvalue weighted by molar-refractivity contribution is -0.115. The minimum atomic E-state index is -0.398. The van der Waals surface area contributed by atoms with Crippen molar-refractivity contribution in [3.05, 3.63) is 58.1 Å². The standard InChI is InChI=1S/C21H23ClN2O4/c1-5-7-14-10-15(11-18(27-3)20(14)28-4)21(26)23-12-19(25)24-17-9-6-8-16(22)13(17)2/h5-11H,12H2,1-4H3,(H,23,26)(H,24,25)/b7-5+. The molecule has 0 spiro atoms. The Kier molecular flexibility index (Phi) is 7.46. The Morgan fingerprint density at radius 3 is 2.57 bits per heavy atom. The zero-order valence-electron chi connectivity index (χ0n) is 16.3. The molecule has 0 atom stereocenters. The topological polar surface area (TPSA) is 76.7 Å². The van der Waals surface area contributed by atoms with Gasteiger partial charge < -0.3 is 20.1 Å². The van der Waals surface area contributed by atoms with Crippen molar-refractivity contribution in [2.24, 2.45) is 0 Å². The van der Waals surface area contributed by atoms with Crippen molar-refractivity contribution in [2.75, 3.05) is 26.1 Å². The second-order valence-electron chi connectivity index (χ2n) is 5.94. The van der Waals surface area contributed by atoms with Crippen molar-refractivity contribution in [1.82, 2.24) is 5.32 Å². The third-order valence-corrected chi connectivity index (χ3v) is 4.48. The van der Waals surface area contributed by atoms with Gasteiger partial charge in [0.2, 0.25) is 5.91 Å². The Labute approximate surface area is 169 Å². The number of hydrogen-bond donors (Lipinski definition) is 2. The molecule has 7 heteroatoms. The molecule has 2 aromatic rings. The number of allylic oxidation sites excluding steroid dienone is 1. The van der Waals surface area contributed by atoms with E-state index in [4.69, 9.17) is 21.1 Å². The van der Waals surface area contributed by atoms with Crippen LogP contribution in [-0.2, 0) is 4.79 Å². The number of rotatable bonds is 7. The van der Waals surface area contributed by atoms with E-state index < -0.39 is 5.91 Å². The summed E-state index contributed by atoms with van der Waals surface area (Å²) in [5.74, 6) is 0.214. The molecular formula is C21H23ClN2O4. The van der Waals surface area contributed by atoms with Gasteiger partial charge in [-0.05, 0) is 43.7 Å². The first-order valence-electron chi connectivity index (χ1n) is 8.63. The number of methoxy groups -OCH3 is 2. The van der Waals surface area contributed by atoms with Crippen LogP contribution in [0.15, 0.2) is 36.4 Å². The second kappa shape index (κ2) is 9.80. The molecule has 6 nitrogen and oxygen atoms in total. The van der Waals surface area contributed by atoms with Crippen LogP contribution in [0.2, 0.25) is 5.02 Å². The normalized spacial score (nSPS) is 10.6. The monoisotopic (exact) mass is 402 g/mol. The van der Waals surface area contributed by atoms with Gasteiger partial charge in [-0.2, -0.15) is 0 Å². The van der Waals surface area contributed by atoms with Gasteiger partial charge in [0.25, 0.3) is 5.91 Å². The molecule has 2 aromatic carbocycles. The van der Waals surface area contributed by atoms with E-state index in [0.717, 1.165) is 5.56 Å². The molecule has 0 aliphatic carbocycles. The molecule has 0 radical (unpaired) electrons. The second-order valence-corrected chi connectivity index (χ2v) is 6.35. The molecule has 2 amide bonds. The maximum atomic E-state index is 12.5. The number of anilines is 1. The number of nitrogens with one attached hydrogen (secondary N) is 2. The minimum absolute atomic E-state index is 0.182. The Morgan fingerprint density at radius 2 is 1.93 bits per heavy atom. The van der Waals surface area contributed by atoms with Gasteiger partial charge in [-0.1, -0.05) is 29.8 Å². The fraction of sp³-hybridized carbons (Fsp3) is 0.238. The van der Waals surface area contributed by atoms with E-state index >= 15 is 0 Å². The van der Waals surface area contributed by atoms with Gasteiger partial charge in [-0.3, -0.25) is 9.59 Å². The summed E-state index contributed by atoms with van der Waals surface area (Å²) in [6.07, 6.45) is 3.65. The van der Waals surface area contributed by atoms with Gasteiger partial charge in [0.05, 0.1) is 20.8 Å². The van der Waals surface area contributed by atoms with E-state index in [1.165, 1.54) is 14.2 Å². The molecule has 0 fully saturated rings. The fourth-order valence-electron chi connectivity index (χ4n) is 2.63. The number of carbonyl (C=O) groups is 2. The lowest BCUT2D eigenvalue weighted by Gasteiger charge is -2.14. The first kappa shape index (κ1) is 21.3. The van der Waals surface area contributed by atoms with E-state index in [1.54, 1.807) is 30.3 Å². The molecule has 0 aliphatic heterocycles. The molecule has 0 aromatic heterocycles. The van der Waals surface area contributed by atoms with E-state index in [2.05, 4.69) is 10.6 Å². The van der Waals surface area contributed by atoms with Crippen LogP contribution in [0.1, 0.15) is 28.4 Å². The Bertz CT molecular complexity index is 910. The van der Waals surface area contributed by atoms with E-state index in [-0.39, 0.29) is 12.5 Å². The first-order chi connectivity index (χ1) is 13.4. The summed E-state index contributed by atoms with van der Waals surface area (Å²) in [7, 11) is 3.03. The van der Waals surface area contributed by atoms with E-state index in [0.29, 0.717) is 33.3 Å². The SMILES string of the molecule is C/C=C/c1cc(C(=O)NCC(=O)Nc2cccc(Cl)c2C)cc(OC)c1OC. The van der Waals surface area contributed by atoms with Crippen molar-refractivity contribution < 1.29 is 19.1 Å². The summed E-state index contributed by atoms with van der Waals surface area (Å²) in [4.78, 5) is 24.7. The summed E-state index contributed by atoms with van der Waals surface area (Å²) in [5.41, 5.74) is 2.43. The molecule has 148 valence electrons. The van der Waals surface area contributed by atoms with Gasteiger partial charge in [0.15, 0.2) is 11.5 Å². The van der Waals surface area contributed by atoms with E-state index in [9.17, 15) is 9.59 Å². The van der Waals surface area contributed by atoms with Gasteiger partial charge in [-0.15, -0.1) is 0 Å². The number of amides is 2. The molecule has 28 heavy (non-hydrogen) atoms. The molecular weight excluding hydrogens is 380 g/mol. The summed E-state index contributed by atoms with van der Waals surface area (Å²) in [5, 5.41) is 5.90. The average Bonchev–Trinajstić information content (AvgIpc) is 2.69. The number of hydrogen-bond acceptors (Lipinski definition) is 4. The van der Waals surface area contributed by atoms with Crippen molar-refractivity contribution in [3.8, 4) is 11.5 Å². The van der Waals surface area contributed by atoms with Crippen LogP contribution in [0.25, 0.3) is 6.08 Å². The maximum absolute atomic E-state index is 12.5. The lowest BCUT2D eigenvalue weighted by atomic mass is 10.1. The van der Waals surface area contributed by atoms with E-state index in [1.807, 2.05) is 26.0 Å².